The summed E-state index contributed by atoms with van der Waals surface area (Å²) >= 11 is 3.29. The Kier molecular flexibility index (Phi) is 7.25. The maximum atomic E-state index is 12.8. The van der Waals surface area contributed by atoms with Crippen molar-refractivity contribution >= 4 is 39.4 Å². The van der Waals surface area contributed by atoms with E-state index >= 15 is 0 Å². The SMILES string of the molecule is COc1ccccc1C(=O)NNC(=O)c1oc2c(c1C)/C(=N/NC(=O)c1cncc(Br)c1)CCC2. The molecule has 1 aromatic carbocycles. The number of hydrogen-bond acceptors (Lipinski definition) is 7. The minimum atomic E-state index is -0.608. The van der Waals surface area contributed by atoms with Crippen LogP contribution in [0.25, 0.3) is 0 Å². The number of hydrazine groups is 1. The topological polar surface area (TPSA) is 135 Å². The van der Waals surface area contributed by atoms with Crippen molar-refractivity contribution in [2.75, 3.05) is 7.11 Å². The lowest BCUT2D eigenvalue weighted by Crippen LogP contribution is -2.41. The van der Waals surface area contributed by atoms with E-state index in [0.29, 0.717) is 51.2 Å². The first-order valence-corrected chi connectivity index (χ1v) is 11.5. The number of hydrogen-bond donors (Lipinski definition) is 3. The van der Waals surface area contributed by atoms with Crippen LogP contribution in [0, 0.1) is 6.92 Å². The summed E-state index contributed by atoms with van der Waals surface area (Å²) in [5.74, 6) is -0.498. The molecular weight excluding hydrogens is 518 g/mol. The second-order valence-electron chi connectivity index (χ2n) is 7.71. The van der Waals surface area contributed by atoms with Crippen LogP contribution >= 0.6 is 15.9 Å². The molecule has 1 aliphatic rings. The standard InChI is InChI=1S/C24H22BrN5O5/c1-13-20-17(27-28-22(31)14-10-15(25)12-26-11-14)7-5-9-19(20)35-21(13)24(33)30-29-23(32)16-6-3-4-8-18(16)34-2/h3-4,6,8,10-12H,5,7,9H2,1-2H3,(H,28,31)(H,29,32)(H,30,33)/b27-17+. The highest BCUT2D eigenvalue weighted by atomic mass is 79.9. The number of ether oxygens (including phenoxy) is 1. The molecule has 0 atom stereocenters. The van der Waals surface area contributed by atoms with Crippen LogP contribution in [0.3, 0.4) is 0 Å². The van der Waals surface area contributed by atoms with Gasteiger partial charge in [0.2, 0.25) is 0 Å². The molecule has 0 fully saturated rings. The lowest BCUT2D eigenvalue weighted by atomic mass is 9.93. The summed E-state index contributed by atoms with van der Waals surface area (Å²) in [4.78, 5) is 41.7. The van der Waals surface area contributed by atoms with Gasteiger partial charge in [-0.2, -0.15) is 5.10 Å². The summed E-state index contributed by atoms with van der Waals surface area (Å²) in [7, 11) is 1.46. The summed E-state index contributed by atoms with van der Waals surface area (Å²) in [6, 6.07) is 8.30. The highest BCUT2D eigenvalue weighted by molar-refractivity contribution is 9.10. The molecule has 0 aliphatic heterocycles. The van der Waals surface area contributed by atoms with Crippen LogP contribution in [0.1, 0.15) is 61.0 Å². The van der Waals surface area contributed by atoms with Crippen LogP contribution in [0.15, 0.2) is 56.7 Å². The summed E-state index contributed by atoms with van der Waals surface area (Å²) in [5.41, 5.74) is 9.81. The lowest BCUT2D eigenvalue weighted by Gasteiger charge is -2.13. The zero-order valence-electron chi connectivity index (χ0n) is 19.0. The van der Waals surface area contributed by atoms with Crippen molar-refractivity contribution in [1.29, 1.82) is 0 Å². The first-order valence-electron chi connectivity index (χ1n) is 10.7. The summed E-state index contributed by atoms with van der Waals surface area (Å²) < 4.78 is 11.7. The van der Waals surface area contributed by atoms with E-state index in [-0.39, 0.29) is 11.3 Å². The van der Waals surface area contributed by atoms with Crippen molar-refractivity contribution in [3.63, 3.8) is 0 Å². The molecule has 4 rings (SSSR count). The second-order valence-corrected chi connectivity index (χ2v) is 8.62. The van der Waals surface area contributed by atoms with Crippen LogP contribution in [0.2, 0.25) is 0 Å². The van der Waals surface area contributed by atoms with E-state index in [4.69, 9.17) is 9.15 Å². The van der Waals surface area contributed by atoms with Crippen molar-refractivity contribution in [3.8, 4) is 5.75 Å². The van der Waals surface area contributed by atoms with E-state index in [1.54, 1.807) is 43.5 Å². The smallest absolute Gasteiger partial charge is 0.305 e. The number of aryl methyl sites for hydroxylation is 1. The number of nitrogens with one attached hydrogen (secondary N) is 3. The molecule has 1 aliphatic carbocycles. The number of hydrazone groups is 1. The summed E-state index contributed by atoms with van der Waals surface area (Å²) in [5, 5.41) is 4.30. The maximum absolute atomic E-state index is 12.8. The molecule has 10 nitrogen and oxygen atoms in total. The Bertz CT molecular complexity index is 1330. The van der Waals surface area contributed by atoms with Crippen molar-refractivity contribution in [2.24, 2.45) is 5.10 Å². The molecule has 3 amide bonds. The number of carbonyl (C=O) groups excluding carboxylic acids is 3. The minimum absolute atomic E-state index is 0.0624. The van der Waals surface area contributed by atoms with E-state index in [2.05, 4.69) is 42.3 Å². The molecule has 0 bridgehead atoms. The fourth-order valence-electron chi connectivity index (χ4n) is 3.79. The van der Waals surface area contributed by atoms with Crippen molar-refractivity contribution < 1.29 is 23.5 Å². The predicted octanol–water partition coefficient (Wildman–Crippen LogP) is 3.30. The largest absolute Gasteiger partial charge is 0.496 e. The number of pyridine rings is 1. The minimum Gasteiger partial charge on any atom is -0.496 e. The van der Waals surface area contributed by atoms with E-state index in [0.717, 1.165) is 6.42 Å². The average Bonchev–Trinajstić information content (AvgIpc) is 3.22. The first kappa shape index (κ1) is 24.1. The van der Waals surface area contributed by atoms with Gasteiger partial charge < -0.3 is 9.15 Å². The third-order valence-corrected chi connectivity index (χ3v) is 5.87. The number of aromatic nitrogens is 1. The third-order valence-electron chi connectivity index (χ3n) is 5.43. The fraction of sp³-hybridized carbons (Fsp3) is 0.208. The third kappa shape index (κ3) is 5.24. The second kappa shape index (κ2) is 10.5. The van der Waals surface area contributed by atoms with Crippen molar-refractivity contribution in [2.45, 2.75) is 26.2 Å². The number of fused-ring (bicyclic) bond motifs is 1. The van der Waals surface area contributed by atoms with Gasteiger partial charge >= 0.3 is 5.91 Å². The first-order chi connectivity index (χ1) is 16.9. The molecule has 0 unspecified atom stereocenters. The molecule has 0 saturated carbocycles. The normalized spacial score (nSPS) is 13.6. The lowest BCUT2D eigenvalue weighted by molar-refractivity contribution is 0.0827. The number of halogens is 1. The van der Waals surface area contributed by atoms with Crippen LogP contribution in [-0.4, -0.2) is 35.5 Å². The molecule has 2 aromatic heterocycles. The van der Waals surface area contributed by atoms with Crippen molar-refractivity contribution in [1.82, 2.24) is 21.3 Å². The number of benzene rings is 1. The van der Waals surface area contributed by atoms with E-state index in [1.165, 1.54) is 13.3 Å². The van der Waals surface area contributed by atoms with Gasteiger partial charge in [0.15, 0.2) is 5.76 Å². The molecule has 35 heavy (non-hydrogen) atoms. The number of amides is 3. The number of para-hydroxylation sites is 1. The van der Waals surface area contributed by atoms with Gasteiger partial charge in [0.1, 0.15) is 11.5 Å². The Morgan fingerprint density at radius 2 is 1.86 bits per heavy atom. The Hall–Kier alpha value is -3.99. The Morgan fingerprint density at radius 1 is 1.09 bits per heavy atom. The molecule has 0 saturated heterocycles. The number of rotatable bonds is 5. The monoisotopic (exact) mass is 539 g/mol. The zero-order valence-corrected chi connectivity index (χ0v) is 20.6. The van der Waals surface area contributed by atoms with E-state index in [1.807, 2.05) is 0 Å². The van der Waals surface area contributed by atoms with Gasteiger partial charge in [0.05, 0.1) is 23.9 Å². The van der Waals surface area contributed by atoms with E-state index < -0.39 is 17.7 Å². The Morgan fingerprint density at radius 3 is 2.63 bits per heavy atom. The molecule has 0 spiro atoms. The molecule has 11 heteroatoms. The molecular formula is C24H22BrN5O5. The molecule has 3 aromatic rings. The summed E-state index contributed by atoms with van der Waals surface area (Å²) in [6.07, 6.45) is 5.00. The molecule has 0 radical (unpaired) electrons. The van der Waals surface area contributed by atoms with Crippen LogP contribution in [0.5, 0.6) is 5.75 Å². The van der Waals surface area contributed by atoms with Gasteiger partial charge in [0, 0.05) is 34.4 Å². The number of carbonyl (C=O) groups is 3. The average molecular weight is 540 g/mol. The molecule has 2 heterocycles. The fourth-order valence-corrected chi connectivity index (χ4v) is 4.15. The van der Waals surface area contributed by atoms with Gasteiger partial charge in [-0.3, -0.25) is 30.2 Å². The maximum Gasteiger partial charge on any atom is 0.305 e. The molecule has 3 N–H and O–H groups in total. The summed E-state index contributed by atoms with van der Waals surface area (Å²) in [6.45, 7) is 1.74. The quantitative estimate of drug-likeness (QED) is 0.425. The number of nitrogens with zero attached hydrogens (tertiary/aromatic N) is 2. The van der Waals surface area contributed by atoms with Gasteiger partial charge in [-0.25, -0.2) is 5.43 Å². The highest BCUT2D eigenvalue weighted by Gasteiger charge is 2.28. The van der Waals surface area contributed by atoms with Crippen molar-refractivity contribution in [3.05, 3.63) is 81.0 Å². The van der Waals surface area contributed by atoms with Crippen LogP contribution < -0.4 is 21.0 Å². The van der Waals surface area contributed by atoms with Gasteiger partial charge in [-0.1, -0.05) is 12.1 Å². The molecule has 180 valence electrons. The highest BCUT2D eigenvalue weighted by Crippen LogP contribution is 2.30. The number of methoxy groups -OCH3 is 1. The number of furan rings is 1. The zero-order chi connectivity index (χ0) is 24.9. The predicted molar refractivity (Wildman–Crippen MR) is 130 cm³/mol. The van der Waals surface area contributed by atoms with Gasteiger partial charge in [-0.15, -0.1) is 0 Å². The van der Waals surface area contributed by atoms with Crippen LogP contribution in [0.4, 0.5) is 0 Å². The van der Waals surface area contributed by atoms with Crippen LogP contribution in [-0.2, 0) is 6.42 Å². The van der Waals surface area contributed by atoms with Gasteiger partial charge in [-0.05, 0) is 53.9 Å². The van der Waals surface area contributed by atoms with E-state index in [9.17, 15) is 14.4 Å². The Labute approximate surface area is 209 Å². The Balaban J connectivity index is 1.49. The van der Waals surface area contributed by atoms with Gasteiger partial charge in [0.25, 0.3) is 11.8 Å².